The third-order valence-electron chi connectivity index (χ3n) is 5.51. The molecule has 2 aromatic rings. The van der Waals surface area contributed by atoms with Crippen molar-refractivity contribution in [3.8, 4) is 0 Å². The van der Waals surface area contributed by atoms with Crippen molar-refractivity contribution >= 4 is 11.7 Å². The third-order valence-corrected chi connectivity index (χ3v) is 5.51. The van der Waals surface area contributed by atoms with E-state index < -0.39 is 0 Å². The lowest BCUT2D eigenvalue weighted by atomic mass is 9.83. The number of rotatable bonds is 4. The van der Waals surface area contributed by atoms with E-state index in [-0.39, 0.29) is 11.9 Å². The van der Waals surface area contributed by atoms with Crippen molar-refractivity contribution in [1.82, 2.24) is 25.1 Å². The van der Waals surface area contributed by atoms with E-state index in [4.69, 9.17) is 0 Å². The Kier molecular flexibility index (Phi) is 4.61. The van der Waals surface area contributed by atoms with Crippen LogP contribution in [0.1, 0.15) is 59.9 Å². The minimum atomic E-state index is -0.0576. The number of piperidine rings is 1. The number of hydrogen-bond acceptors (Lipinski definition) is 5. The van der Waals surface area contributed by atoms with Gasteiger partial charge in [-0.15, -0.1) is 0 Å². The van der Waals surface area contributed by atoms with Gasteiger partial charge in [-0.05, 0) is 38.7 Å². The van der Waals surface area contributed by atoms with Gasteiger partial charge in [0.15, 0.2) is 0 Å². The lowest BCUT2D eigenvalue weighted by Crippen LogP contribution is -2.48. The van der Waals surface area contributed by atoms with Crippen LogP contribution in [-0.2, 0) is 7.05 Å². The van der Waals surface area contributed by atoms with Crippen molar-refractivity contribution in [2.75, 3.05) is 18.0 Å². The number of carbonyl (C=O) groups excluding carboxylic acids is 1. The highest BCUT2D eigenvalue weighted by atomic mass is 16.2. The first kappa shape index (κ1) is 17.0. The van der Waals surface area contributed by atoms with E-state index in [9.17, 15) is 4.79 Å². The summed E-state index contributed by atoms with van der Waals surface area (Å²) in [5, 5.41) is 7.42. The zero-order valence-electron chi connectivity index (χ0n) is 15.5. The predicted molar refractivity (Wildman–Crippen MR) is 99.3 cm³/mol. The van der Waals surface area contributed by atoms with Crippen LogP contribution in [0.4, 0.5) is 5.82 Å². The SMILES string of the molecule is Cc1cc(C(=O)NC2CCCN(c3cc(C4CCC4)ncn3)C2)n(C)n1. The summed E-state index contributed by atoms with van der Waals surface area (Å²) < 4.78 is 1.64. The van der Waals surface area contributed by atoms with E-state index in [1.807, 2.05) is 13.0 Å². The zero-order chi connectivity index (χ0) is 18.1. The van der Waals surface area contributed by atoms with E-state index >= 15 is 0 Å². The normalized spacial score (nSPS) is 20.7. The van der Waals surface area contributed by atoms with Gasteiger partial charge < -0.3 is 10.2 Å². The van der Waals surface area contributed by atoms with Gasteiger partial charge in [0.05, 0.1) is 5.69 Å². The second kappa shape index (κ2) is 7.05. The van der Waals surface area contributed by atoms with Crippen molar-refractivity contribution in [2.24, 2.45) is 7.05 Å². The van der Waals surface area contributed by atoms with Crippen LogP contribution in [-0.4, -0.2) is 44.8 Å². The van der Waals surface area contributed by atoms with Crippen LogP contribution in [0.3, 0.4) is 0 Å². The molecule has 7 heteroatoms. The molecular weight excluding hydrogens is 328 g/mol. The highest BCUT2D eigenvalue weighted by Crippen LogP contribution is 2.36. The molecule has 1 atom stereocenters. The predicted octanol–water partition coefficient (Wildman–Crippen LogP) is 2.18. The Hall–Kier alpha value is -2.44. The van der Waals surface area contributed by atoms with Crippen molar-refractivity contribution in [2.45, 2.75) is 51.0 Å². The quantitative estimate of drug-likeness (QED) is 0.911. The Morgan fingerprint density at radius 1 is 1.19 bits per heavy atom. The molecule has 3 heterocycles. The van der Waals surface area contributed by atoms with Crippen LogP contribution in [0.25, 0.3) is 0 Å². The number of nitrogens with one attached hydrogen (secondary N) is 1. The lowest BCUT2D eigenvalue weighted by Gasteiger charge is -2.34. The molecule has 26 heavy (non-hydrogen) atoms. The second-order valence-corrected chi connectivity index (χ2v) is 7.48. The molecule has 1 saturated carbocycles. The summed E-state index contributed by atoms with van der Waals surface area (Å²) in [6, 6.07) is 4.08. The molecule has 1 N–H and O–H groups in total. The minimum Gasteiger partial charge on any atom is -0.354 e. The van der Waals surface area contributed by atoms with Gasteiger partial charge in [0.25, 0.3) is 5.91 Å². The number of carbonyl (C=O) groups is 1. The van der Waals surface area contributed by atoms with Crippen molar-refractivity contribution in [3.63, 3.8) is 0 Å². The molecule has 2 aliphatic rings. The summed E-state index contributed by atoms with van der Waals surface area (Å²) in [5.41, 5.74) is 2.62. The number of anilines is 1. The molecule has 0 bridgehead atoms. The van der Waals surface area contributed by atoms with Crippen LogP contribution in [0.5, 0.6) is 0 Å². The molecular formula is C19H26N6O. The summed E-state index contributed by atoms with van der Waals surface area (Å²) in [4.78, 5) is 23.8. The molecule has 2 fully saturated rings. The van der Waals surface area contributed by atoms with Gasteiger partial charge in [-0.3, -0.25) is 9.48 Å². The largest absolute Gasteiger partial charge is 0.354 e. The van der Waals surface area contributed by atoms with E-state index in [0.29, 0.717) is 11.6 Å². The number of aromatic nitrogens is 4. The zero-order valence-corrected chi connectivity index (χ0v) is 15.5. The van der Waals surface area contributed by atoms with Gasteiger partial charge in [0.2, 0.25) is 0 Å². The molecule has 1 aliphatic carbocycles. The van der Waals surface area contributed by atoms with Gasteiger partial charge in [-0.2, -0.15) is 5.10 Å². The monoisotopic (exact) mass is 354 g/mol. The maximum Gasteiger partial charge on any atom is 0.269 e. The second-order valence-electron chi connectivity index (χ2n) is 7.48. The summed E-state index contributed by atoms with van der Waals surface area (Å²) in [6.07, 6.45) is 7.48. The van der Waals surface area contributed by atoms with Crippen LogP contribution in [0.2, 0.25) is 0 Å². The van der Waals surface area contributed by atoms with Crippen LogP contribution in [0.15, 0.2) is 18.5 Å². The summed E-state index contributed by atoms with van der Waals surface area (Å²) in [7, 11) is 1.80. The van der Waals surface area contributed by atoms with Crippen molar-refractivity contribution in [1.29, 1.82) is 0 Å². The van der Waals surface area contributed by atoms with Crippen molar-refractivity contribution in [3.05, 3.63) is 35.5 Å². The first-order valence-corrected chi connectivity index (χ1v) is 9.48. The Balaban J connectivity index is 1.42. The fourth-order valence-electron chi connectivity index (χ4n) is 3.85. The maximum absolute atomic E-state index is 12.6. The van der Waals surface area contributed by atoms with Gasteiger partial charge in [0.1, 0.15) is 17.8 Å². The topological polar surface area (TPSA) is 75.9 Å². The summed E-state index contributed by atoms with van der Waals surface area (Å²) in [5.74, 6) is 1.53. The molecule has 1 unspecified atom stereocenters. The molecule has 1 aliphatic heterocycles. The van der Waals surface area contributed by atoms with Crippen LogP contribution >= 0.6 is 0 Å². The number of amides is 1. The molecule has 1 amide bonds. The van der Waals surface area contributed by atoms with Gasteiger partial charge in [0, 0.05) is 43.9 Å². The molecule has 7 nitrogen and oxygen atoms in total. The van der Waals surface area contributed by atoms with Gasteiger partial charge >= 0.3 is 0 Å². The summed E-state index contributed by atoms with van der Waals surface area (Å²) in [6.45, 7) is 3.65. The molecule has 0 aromatic carbocycles. The highest BCUT2D eigenvalue weighted by molar-refractivity contribution is 5.92. The average molecular weight is 354 g/mol. The van der Waals surface area contributed by atoms with E-state index in [1.54, 1.807) is 18.1 Å². The number of nitrogens with zero attached hydrogens (tertiary/aromatic N) is 5. The van der Waals surface area contributed by atoms with E-state index in [2.05, 4.69) is 31.3 Å². The summed E-state index contributed by atoms with van der Waals surface area (Å²) >= 11 is 0. The molecule has 138 valence electrons. The molecule has 1 saturated heterocycles. The highest BCUT2D eigenvalue weighted by Gasteiger charge is 2.26. The van der Waals surface area contributed by atoms with E-state index in [1.165, 1.54) is 19.3 Å². The van der Waals surface area contributed by atoms with Crippen LogP contribution < -0.4 is 10.2 Å². The number of hydrogen-bond donors (Lipinski definition) is 1. The van der Waals surface area contributed by atoms with Gasteiger partial charge in [-0.25, -0.2) is 9.97 Å². The smallest absolute Gasteiger partial charge is 0.269 e. The Labute approximate surface area is 153 Å². The number of aryl methyl sites for hydroxylation is 2. The Morgan fingerprint density at radius 3 is 2.73 bits per heavy atom. The van der Waals surface area contributed by atoms with Crippen molar-refractivity contribution < 1.29 is 4.79 Å². The fourth-order valence-corrected chi connectivity index (χ4v) is 3.85. The first-order valence-electron chi connectivity index (χ1n) is 9.48. The molecule has 2 aromatic heterocycles. The minimum absolute atomic E-state index is 0.0576. The third kappa shape index (κ3) is 3.43. The standard InChI is InChI=1S/C19H26N6O/c1-13-9-17(24(2)23-13)19(26)22-15-7-4-8-25(11-15)18-10-16(20-12-21-18)14-5-3-6-14/h9-10,12,14-15H,3-8,11H2,1-2H3,(H,22,26). The Bertz CT molecular complexity index is 797. The Morgan fingerprint density at radius 2 is 2.04 bits per heavy atom. The first-order chi connectivity index (χ1) is 12.6. The van der Waals surface area contributed by atoms with Crippen LogP contribution in [0, 0.1) is 6.92 Å². The van der Waals surface area contributed by atoms with Gasteiger partial charge in [-0.1, -0.05) is 6.42 Å². The molecule has 4 rings (SSSR count). The maximum atomic E-state index is 12.6. The average Bonchev–Trinajstić information content (AvgIpc) is 2.92. The molecule has 0 radical (unpaired) electrons. The van der Waals surface area contributed by atoms with E-state index in [0.717, 1.165) is 43.1 Å². The lowest BCUT2D eigenvalue weighted by molar-refractivity contribution is 0.0923. The fraction of sp³-hybridized carbons (Fsp3) is 0.579. The molecule has 0 spiro atoms.